The van der Waals surface area contributed by atoms with Gasteiger partial charge in [-0.1, -0.05) is 31.2 Å². The van der Waals surface area contributed by atoms with E-state index in [2.05, 4.69) is 54.5 Å². The molecule has 0 N–H and O–H groups in total. The van der Waals surface area contributed by atoms with E-state index in [1.54, 1.807) is 0 Å². The van der Waals surface area contributed by atoms with E-state index in [0.29, 0.717) is 11.5 Å². The Kier molecular flexibility index (Phi) is 5.41. The number of hydrogen-bond acceptors (Lipinski definition) is 4. The van der Waals surface area contributed by atoms with Gasteiger partial charge >= 0.3 is 0 Å². The predicted molar refractivity (Wildman–Crippen MR) is 116 cm³/mol. The molecule has 6 heteroatoms. The fraction of sp³-hybridized carbons (Fsp3) is 0.417. The van der Waals surface area contributed by atoms with Crippen LogP contribution in [0.15, 0.2) is 48.5 Å². The molecule has 3 aromatic rings. The maximum absolute atomic E-state index is 13.4. The molecule has 30 heavy (non-hydrogen) atoms. The van der Waals surface area contributed by atoms with Crippen molar-refractivity contribution in [1.82, 2.24) is 25.1 Å². The Morgan fingerprint density at radius 2 is 1.70 bits per heavy atom. The van der Waals surface area contributed by atoms with Crippen molar-refractivity contribution in [3.63, 3.8) is 0 Å². The van der Waals surface area contributed by atoms with Gasteiger partial charge in [-0.2, -0.15) is 4.68 Å². The van der Waals surface area contributed by atoms with Crippen LogP contribution in [0.4, 0.5) is 0 Å². The van der Waals surface area contributed by atoms with E-state index < -0.39 is 5.54 Å². The summed E-state index contributed by atoms with van der Waals surface area (Å²) in [5, 5.41) is 12.9. The first kappa shape index (κ1) is 20.3. The van der Waals surface area contributed by atoms with Crippen molar-refractivity contribution in [3.8, 4) is 5.69 Å². The van der Waals surface area contributed by atoms with E-state index in [9.17, 15) is 4.79 Å². The van der Waals surface area contributed by atoms with Gasteiger partial charge in [0.25, 0.3) is 5.91 Å². The van der Waals surface area contributed by atoms with Gasteiger partial charge in [-0.25, -0.2) is 0 Å². The molecule has 0 atom stereocenters. The van der Waals surface area contributed by atoms with E-state index >= 15 is 0 Å². The molecule has 1 aliphatic rings. The van der Waals surface area contributed by atoms with E-state index in [-0.39, 0.29) is 5.91 Å². The number of amides is 1. The highest BCUT2D eigenvalue weighted by Crippen LogP contribution is 2.43. The predicted octanol–water partition coefficient (Wildman–Crippen LogP) is 4.46. The van der Waals surface area contributed by atoms with Crippen LogP contribution in [0.1, 0.15) is 59.9 Å². The molecule has 1 amide bonds. The largest absolute Gasteiger partial charge is 0.329 e. The molecule has 1 heterocycles. The van der Waals surface area contributed by atoms with Gasteiger partial charge in [0.05, 0.1) is 5.69 Å². The molecule has 2 aromatic carbocycles. The first-order chi connectivity index (χ1) is 14.4. The van der Waals surface area contributed by atoms with E-state index in [0.717, 1.165) is 48.3 Å². The Bertz CT molecular complexity index is 1010. The number of rotatable bonds is 4. The van der Waals surface area contributed by atoms with Gasteiger partial charge in [0.15, 0.2) is 5.82 Å². The maximum Gasteiger partial charge on any atom is 0.254 e. The fourth-order valence-corrected chi connectivity index (χ4v) is 4.64. The molecular weight excluding hydrogens is 374 g/mol. The minimum absolute atomic E-state index is 0.000117. The number of carbonyl (C=O) groups is 1. The average molecular weight is 404 g/mol. The molecule has 0 saturated heterocycles. The Hall–Kier alpha value is -3.02. The van der Waals surface area contributed by atoms with Crippen molar-refractivity contribution in [2.75, 3.05) is 7.05 Å². The fourth-order valence-electron chi connectivity index (χ4n) is 4.64. The van der Waals surface area contributed by atoms with E-state index in [1.807, 2.05) is 47.0 Å². The second-order valence-electron chi connectivity index (χ2n) is 8.70. The molecule has 0 radical (unpaired) electrons. The van der Waals surface area contributed by atoms with Gasteiger partial charge in [0, 0.05) is 12.6 Å². The van der Waals surface area contributed by atoms with Gasteiger partial charge in [-0.05, 0) is 91.3 Å². The summed E-state index contributed by atoms with van der Waals surface area (Å²) < 4.78 is 1.82. The Balaban J connectivity index is 1.81. The Morgan fingerprint density at radius 1 is 1.07 bits per heavy atom. The van der Waals surface area contributed by atoms with Crippen molar-refractivity contribution in [3.05, 3.63) is 71.0 Å². The summed E-state index contributed by atoms with van der Waals surface area (Å²) in [5.41, 5.74) is 3.40. The second kappa shape index (κ2) is 8.01. The number of benzene rings is 2. The number of hydrogen-bond donors (Lipinski definition) is 0. The zero-order valence-corrected chi connectivity index (χ0v) is 18.2. The molecule has 1 saturated carbocycles. The SMILES string of the molecule is Cc1cc(C)cc(-n2nnnc2C2(N(C)C(=O)c3ccccc3)CCC(C)CC2)c1. The molecule has 0 aliphatic heterocycles. The smallest absolute Gasteiger partial charge is 0.254 e. The third-order valence-electron chi connectivity index (χ3n) is 6.41. The zero-order valence-electron chi connectivity index (χ0n) is 18.2. The van der Waals surface area contributed by atoms with Crippen molar-refractivity contribution in [2.24, 2.45) is 5.92 Å². The number of aryl methyl sites for hydroxylation is 2. The number of nitrogens with zero attached hydrogens (tertiary/aromatic N) is 5. The summed E-state index contributed by atoms with van der Waals surface area (Å²) in [6.07, 6.45) is 3.75. The van der Waals surface area contributed by atoms with Gasteiger partial charge < -0.3 is 4.90 Å². The lowest BCUT2D eigenvalue weighted by atomic mass is 9.75. The normalized spacial score (nSPS) is 21.4. The van der Waals surface area contributed by atoms with Gasteiger partial charge in [-0.15, -0.1) is 5.10 Å². The van der Waals surface area contributed by atoms with Crippen molar-refractivity contribution < 1.29 is 4.79 Å². The highest BCUT2D eigenvalue weighted by Gasteiger charge is 2.46. The number of aromatic nitrogens is 4. The highest BCUT2D eigenvalue weighted by atomic mass is 16.2. The summed E-state index contributed by atoms with van der Waals surface area (Å²) >= 11 is 0. The second-order valence-corrected chi connectivity index (χ2v) is 8.70. The first-order valence-corrected chi connectivity index (χ1v) is 10.6. The summed E-state index contributed by atoms with van der Waals surface area (Å²) in [4.78, 5) is 15.3. The quantitative estimate of drug-likeness (QED) is 0.645. The number of tetrazole rings is 1. The van der Waals surface area contributed by atoms with Gasteiger partial charge in [-0.3, -0.25) is 4.79 Å². The van der Waals surface area contributed by atoms with Crippen LogP contribution in [-0.4, -0.2) is 38.1 Å². The van der Waals surface area contributed by atoms with Crippen LogP contribution in [-0.2, 0) is 5.54 Å². The molecule has 0 bridgehead atoms. The molecule has 0 spiro atoms. The standard InChI is InChI=1S/C24H29N5O/c1-17-10-12-24(13-11-17,28(4)22(30)20-8-6-5-7-9-20)23-25-26-27-29(23)21-15-18(2)14-19(3)16-21/h5-9,14-17H,10-13H2,1-4H3. The van der Waals surface area contributed by atoms with Crippen LogP contribution in [0, 0.1) is 19.8 Å². The van der Waals surface area contributed by atoms with Gasteiger partial charge in [0.2, 0.25) is 0 Å². The maximum atomic E-state index is 13.4. The van der Waals surface area contributed by atoms with E-state index in [1.165, 1.54) is 0 Å². The topological polar surface area (TPSA) is 63.9 Å². The third kappa shape index (κ3) is 3.62. The average Bonchev–Trinajstić information content (AvgIpc) is 3.24. The van der Waals surface area contributed by atoms with Crippen molar-refractivity contribution in [2.45, 2.75) is 52.0 Å². The molecule has 156 valence electrons. The lowest BCUT2D eigenvalue weighted by Gasteiger charge is -2.44. The highest BCUT2D eigenvalue weighted by molar-refractivity contribution is 5.94. The zero-order chi connectivity index (χ0) is 21.3. The minimum Gasteiger partial charge on any atom is -0.329 e. The van der Waals surface area contributed by atoms with Crippen molar-refractivity contribution >= 4 is 5.91 Å². The monoisotopic (exact) mass is 403 g/mol. The number of carbonyl (C=O) groups excluding carboxylic acids is 1. The lowest BCUT2D eigenvalue weighted by Crippen LogP contribution is -2.50. The van der Waals surface area contributed by atoms with E-state index in [4.69, 9.17) is 0 Å². The molecule has 4 rings (SSSR count). The minimum atomic E-state index is -0.541. The van der Waals surface area contributed by atoms with Crippen molar-refractivity contribution in [1.29, 1.82) is 0 Å². The van der Waals surface area contributed by atoms with Gasteiger partial charge in [0.1, 0.15) is 5.54 Å². The first-order valence-electron chi connectivity index (χ1n) is 10.6. The molecular formula is C24H29N5O. The molecule has 1 fully saturated rings. The van der Waals surface area contributed by atoms with Crippen LogP contribution < -0.4 is 0 Å². The molecule has 0 unspecified atom stereocenters. The molecule has 1 aliphatic carbocycles. The van der Waals surface area contributed by atoms with Crippen LogP contribution in [0.3, 0.4) is 0 Å². The van der Waals surface area contributed by atoms with Crippen LogP contribution in [0.2, 0.25) is 0 Å². The summed E-state index contributed by atoms with van der Waals surface area (Å²) in [7, 11) is 1.89. The Morgan fingerprint density at radius 3 is 2.33 bits per heavy atom. The lowest BCUT2D eigenvalue weighted by molar-refractivity contribution is 0.0327. The summed E-state index contributed by atoms with van der Waals surface area (Å²) in [5.74, 6) is 1.37. The summed E-state index contributed by atoms with van der Waals surface area (Å²) in [6, 6.07) is 15.8. The molecule has 1 aromatic heterocycles. The third-order valence-corrected chi connectivity index (χ3v) is 6.41. The van der Waals surface area contributed by atoms with Crippen LogP contribution in [0.25, 0.3) is 5.69 Å². The summed E-state index contributed by atoms with van der Waals surface area (Å²) in [6.45, 7) is 6.42. The van der Waals surface area contributed by atoms with Crippen LogP contribution in [0.5, 0.6) is 0 Å². The molecule has 6 nitrogen and oxygen atoms in total. The Labute approximate surface area is 177 Å². The van der Waals surface area contributed by atoms with Crippen LogP contribution >= 0.6 is 0 Å².